The van der Waals surface area contributed by atoms with Crippen molar-refractivity contribution in [3.05, 3.63) is 29.8 Å². The van der Waals surface area contributed by atoms with Crippen LogP contribution in [0.1, 0.15) is 37.6 Å². The number of nitrogens with one attached hydrogen (secondary N) is 1. The SMILES string of the molecule is CC(=O)c1ccc(NC(=O)N2CCC(C)C(C)C2)cc1. The number of nitrogens with zero attached hydrogens (tertiary/aromatic N) is 1. The fourth-order valence-corrected chi connectivity index (χ4v) is 2.44. The maximum atomic E-state index is 12.2. The summed E-state index contributed by atoms with van der Waals surface area (Å²) in [5, 5.41) is 2.89. The van der Waals surface area contributed by atoms with Crippen LogP contribution in [0.2, 0.25) is 0 Å². The zero-order chi connectivity index (χ0) is 14.7. The summed E-state index contributed by atoms with van der Waals surface area (Å²) in [6.45, 7) is 7.57. The molecular formula is C16H22N2O2. The summed E-state index contributed by atoms with van der Waals surface area (Å²) in [6, 6.07) is 6.95. The van der Waals surface area contributed by atoms with Gasteiger partial charge in [-0.25, -0.2) is 4.79 Å². The lowest BCUT2D eigenvalue weighted by molar-refractivity contribution is 0.101. The summed E-state index contributed by atoms with van der Waals surface area (Å²) in [7, 11) is 0. The van der Waals surface area contributed by atoms with Crippen molar-refractivity contribution < 1.29 is 9.59 Å². The van der Waals surface area contributed by atoms with E-state index in [1.165, 1.54) is 6.92 Å². The van der Waals surface area contributed by atoms with Gasteiger partial charge in [-0.05, 0) is 49.4 Å². The smallest absolute Gasteiger partial charge is 0.321 e. The van der Waals surface area contributed by atoms with E-state index in [0.717, 1.165) is 25.2 Å². The number of rotatable bonds is 2. The molecule has 108 valence electrons. The molecule has 0 spiro atoms. The molecule has 2 atom stereocenters. The fourth-order valence-electron chi connectivity index (χ4n) is 2.44. The van der Waals surface area contributed by atoms with E-state index in [1.54, 1.807) is 24.3 Å². The van der Waals surface area contributed by atoms with Crippen molar-refractivity contribution in [1.29, 1.82) is 0 Å². The van der Waals surface area contributed by atoms with Gasteiger partial charge in [0.2, 0.25) is 0 Å². The Balaban J connectivity index is 1.96. The number of urea groups is 1. The quantitative estimate of drug-likeness (QED) is 0.840. The van der Waals surface area contributed by atoms with Gasteiger partial charge in [-0.1, -0.05) is 13.8 Å². The van der Waals surface area contributed by atoms with Crippen LogP contribution in [0.4, 0.5) is 10.5 Å². The van der Waals surface area contributed by atoms with Crippen LogP contribution in [0.3, 0.4) is 0 Å². The molecule has 0 radical (unpaired) electrons. The van der Waals surface area contributed by atoms with Crippen molar-refractivity contribution >= 4 is 17.5 Å². The number of carbonyl (C=O) groups is 2. The number of anilines is 1. The molecule has 2 rings (SSSR count). The molecule has 1 aromatic rings. The highest BCUT2D eigenvalue weighted by Crippen LogP contribution is 2.23. The van der Waals surface area contributed by atoms with Crippen molar-refractivity contribution in [3.8, 4) is 0 Å². The Labute approximate surface area is 120 Å². The maximum absolute atomic E-state index is 12.2. The molecule has 2 unspecified atom stereocenters. The lowest BCUT2D eigenvalue weighted by atomic mass is 9.89. The number of hydrogen-bond acceptors (Lipinski definition) is 2. The molecule has 2 amide bonds. The molecular weight excluding hydrogens is 252 g/mol. The minimum atomic E-state index is -0.0562. The summed E-state index contributed by atoms with van der Waals surface area (Å²) in [4.78, 5) is 25.2. The second kappa shape index (κ2) is 6.07. The van der Waals surface area contributed by atoms with E-state index in [-0.39, 0.29) is 11.8 Å². The van der Waals surface area contributed by atoms with Crippen molar-refractivity contribution in [3.63, 3.8) is 0 Å². The van der Waals surface area contributed by atoms with E-state index in [0.29, 0.717) is 17.4 Å². The van der Waals surface area contributed by atoms with Gasteiger partial charge in [0.1, 0.15) is 0 Å². The Morgan fingerprint density at radius 3 is 2.35 bits per heavy atom. The molecule has 1 heterocycles. The van der Waals surface area contributed by atoms with Crippen molar-refractivity contribution in [2.45, 2.75) is 27.2 Å². The molecule has 1 aliphatic rings. The van der Waals surface area contributed by atoms with Gasteiger partial charge in [-0.15, -0.1) is 0 Å². The molecule has 1 aliphatic heterocycles. The van der Waals surface area contributed by atoms with Gasteiger partial charge >= 0.3 is 6.03 Å². The highest BCUT2D eigenvalue weighted by molar-refractivity contribution is 5.95. The first-order valence-electron chi connectivity index (χ1n) is 7.14. The normalized spacial score (nSPS) is 22.4. The minimum absolute atomic E-state index is 0.0294. The van der Waals surface area contributed by atoms with Gasteiger partial charge < -0.3 is 10.2 Å². The van der Waals surface area contributed by atoms with Crippen molar-refractivity contribution in [2.24, 2.45) is 11.8 Å². The maximum Gasteiger partial charge on any atom is 0.321 e. The third-order valence-electron chi connectivity index (χ3n) is 4.16. The van der Waals surface area contributed by atoms with Gasteiger partial charge in [0.25, 0.3) is 0 Å². The van der Waals surface area contributed by atoms with E-state index in [4.69, 9.17) is 0 Å². The first-order chi connectivity index (χ1) is 9.47. The van der Waals surface area contributed by atoms with E-state index in [2.05, 4.69) is 19.2 Å². The number of benzene rings is 1. The number of amides is 2. The number of hydrogen-bond donors (Lipinski definition) is 1. The molecule has 4 nitrogen and oxygen atoms in total. The predicted molar refractivity (Wildman–Crippen MR) is 80.0 cm³/mol. The highest BCUT2D eigenvalue weighted by Gasteiger charge is 2.25. The van der Waals surface area contributed by atoms with Crippen LogP contribution in [0.5, 0.6) is 0 Å². The van der Waals surface area contributed by atoms with Crippen LogP contribution in [0.15, 0.2) is 24.3 Å². The van der Waals surface area contributed by atoms with Crippen LogP contribution < -0.4 is 5.32 Å². The first-order valence-corrected chi connectivity index (χ1v) is 7.14. The topological polar surface area (TPSA) is 49.4 Å². The Morgan fingerprint density at radius 2 is 1.80 bits per heavy atom. The van der Waals surface area contributed by atoms with Crippen LogP contribution >= 0.6 is 0 Å². The Kier molecular flexibility index (Phi) is 4.42. The number of Topliss-reactive ketones (excluding diaryl/α,β-unsaturated/α-hetero) is 1. The Morgan fingerprint density at radius 1 is 1.15 bits per heavy atom. The number of piperidine rings is 1. The molecule has 0 aliphatic carbocycles. The second-order valence-electron chi connectivity index (χ2n) is 5.75. The molecule has 20 heavy (non-hydrogen) atoms. The standard InChI is InChI=1S/C16H22N2O2/c1-11-8-9-18(10-12(11)2)16(20)17-15-6-4-14(5-7-15)13(3)19/h4-7,11-12H,8-10H2,1-3H3,(H,17,20). The van der Waals surface area contributed by atoms with Crippen molar-refractivity contribution in [2.75, 3.05) is 18.4 Å². The summed E-state index contributed by atoms with van der Waals surface area (Å²) in [6.07, 6.45) is 1.05. The zero-order valence-corrected chi connectivity index (χ0v) is 12.3. The third kappa shape index (κ3) is 3.38. The van der Waals surface area contributed by atoms with Crippen LogP contribution in [0.25, 0.3) is 0 Å². The monoisotopic (exact) mass is 274 g/mol. The zero-order valence-electron chi connectivity index (χ0n) is 12.3. The molecule has 0 bridgehead atoms. The van der Waals surface area contributed by atoms with Gasteiger partial charge in [0, 0.05) is 24.3 Å². The van der Waals surface area contributed by atoms with E-state index in [1.807, 2.05) is 4.90 Å². The van der Waals surface area contributed by atoms with Gasteiger partial charge in [-0.3, -0.25) is 4.79 Å². The molecule has 1 saturated heterocycles. The first kappa shape index (κ1) is 14.6. The van der Waals surface area contributed by atoms with Gasteiger partial charge in [0.15, 0.2) is 5.78 Å². The number of carbonyl (C=O) groups excluding carboxylic acids is 2. The van der Waals surface area contributed by atoms with Gasteiger partial charge in [0.05, 0.1) is 0 Å². The molecule has 0 aromatic heterocycles. The van der Waals surface area contributed by atoms with Gasteiger partial charge in [-0.2, -0.15) is 0 Å². The predicted octanol–water partition coefficient (Wildman–Crippen LogP) is 3.40. The Bertz CT molecular complexity index is 496. The largest absolute Gasteiger partial charge is 0.324 e. The van der Waals surface area contributed by atoms with Crippen LogP contribution in [-0.2, 0) is 0 Å². The van der Waals surface area contributed by atoms with E-state index in [9.17, 15) is 9.59 Å². The lowest BCUT2D eigenvalue weighted by Crippen LogP contribution is -2.44. The summed E-state index contributed by atoms with van der Waals surface area (Å²) in [5.41, 5.74) is 1.38. The molecule has 4 heteroatoms. The summed E-state index contributed by atoms with van der Waals surface area (Å²) in [5.74, 6) is 1.24. The molecule has 1 N–H and O–H groups in total. The van der Waals surface area contributed by atoms with Crippen LogP contribution in [0, 0.1) is 11.8 Å². The minimum Gasteiger partial charge on any atom is -0.324 e. The summed E-state index contributed by atoms with van der Waals surface area (Å²) < 4.78 is 0. The van der Waals surface area contributed by atoms with Crippen molar-refractivity contribution in [1.82, 2.24) is 4.90 Å². The number of likely N-dealkylation sites (tertiary alicyclic amines) is 1. The second-order valence-corrected chi connectivity index (χ2v) is 5.75. The van der Waals surface area contributed by atoms with Crippen LogP contribution in [-0.4, -0.2) is 29.8 Å². The average Bonchev–Trinajstić information content (AvgIpc) is 2.42. The molecule has 1 aromatic carbocycles. The summed E-state index contributed by atoms with van der Waals surface area (Å²) >= 11 is 0. The van der Waals surface area contributed by atoms with E-state index < -0.39 is 0 Å². The fraction of sp³-hybridized carbons (Fsp3) is 0.500. The number of ketones is 1. The highest BCUT2D eigenvalue weighted by atomic mass is 16.2. The lowest BCUT2D eigenvalue weighted by Gasteiger charge is -2.35. The van der Waals surface area contributed by atoms with E-state index >= 15 is 0 Å². The third-order valence-corrected chi connectivity index (χ3v) is 4.16. The average molecular weight is 274 g/mol. The molecule has 1 fully saturated rings. The molecule has 0 saturated carbocycles. The Hall–Kier alpha value is -1.84.